The van der Waals surface area contributed by atoms with E-state index in [1.807, 2.05) is 4.90 Å². The highest BCUT2D eigenvalue weighted by molar-refractivity contribution is 5.97. The van der Waals surface area contributed by atoms with E-state index in [9.17, 15) is 9.59 Å². The number of carbonyl (C=O) groups is 2. The molecule has 138 valence electrons. The number of rotatable bonds is 4. The molecular formula is C19H28N2O4. The van der Waals surface area contributed by atoms with Crippen LogP contribution in [-0.4, -0.2) is 62.0 Å². The van der Waals surface area contributed by atoms with E-state index in [0.717, 1.165) is 0 Å². The van der Waals surface area contributed by atoms with Crippen molar-refractivity contribution in [3.63, 3.8) is 0 Å². The first-order chi connectivity index (χ1) is 11.7. The number of nitrogens with zero attached hydrogens (tertiary/aromatic N) is 2. The van der Waals surface area contributed by atoms with Gasteiger partial charge in [-0.3, -0.25) is 9.59 Å². The van der Waals surface area contributed by atoms with E-state index in [2.05, 4.69) is 20.8 Å². The third-order valence-electron chi connectivity index (χ3n) is 4.24. The molecule has 6 heteroatoms. The summed E-state index contributed by atoms with van der Waals surface area (Å²) in [4.78, 5) is 28.8. The minimum absolute atomic E-state index is 0.0298. The summed E-state index contributed by atoms with van der Waals surface area (Å²) < 4.78 is 10.5. The molecule has 2 amide bonds. The first-order valence-corrected chi connectivity index (χ1v) is 8.54. The van der Waals surface area contributed by atoms with Crippen molar-refractivity contribution in [1.29, 1.82) is 0 Å². The molecule has 25 heavy (non-hydrogen) atoms. The van der Waals surface area contributed by atoms with Crippen LogP contribution in [0.4, 0.5) is 0 Å². The van der Waals surface area contributed by atoms with Crippen LogP contribution in [0.15, 0.2) is 18.2 Å². The predicted molar refractivity (Wildman–Crippen MR) is 96.1 cm³/mol. The van der Waals surface area contributed by atoms with Gasteiger partial charge in [0.2, 0.25) is 5.91 Å². The van der Waals surface area contributed by atoms with Crippen LogP contribution >= 0.6 is 0 Å². The van der Waals surface area contributed by atoms with Gasteiger partial charge in [0.05, 0.1) is 19.8 Å². The van der Waals surface area contributed by atoms with Crippen LogP contribution in [0.3, 0.4) is 0 Å². The maximum atomic E-state index is 12.8. The van der Waals surface area contributed by atoms with Gasteiger partial charge in [-0.05, 0) is 23.6 Å². The predicted octanol–water partition coefficient (Wildman–Crippen LogP) is 2.42. The van der Waals surface area contributed by atoms with E-state index in [0.29, 0.717) is 49.7 Å². The first-order valence-electron chi connectivity index (χ1n) is 8.54. The lowest BCUT2D eigenvalue weighted by atomic mass is 9.91. The zero-order chi connectivity index (χ0) is 18.6. The van der Waals surface area contributed by atoms with Crippen molar-refractivity contribution in [2.45, 2.75) is 27.2 Å². The zero-order valence-corrected chi connectivity index (χ0v) is 15.8. The molecule has 0 unspecified atom stereocenters. The van der Waals surface area contributed by atoms with E-state index in [1.54, 1.807) is 37.3 Å². The van der Waals surface area contributed by atoms with Gasteiger partial charge in [0.25, 0.3) is 5.91 Å². The van der Waals surface area contributed by atoms with E-state index >= 15 is 0 Å². The SMILES string of the molecule is COc1ccc(OC)c(C(=O)N2CCN(C(=O)CC(C)(C)C)CC2)c1. The highest BCUT2D eigenvalue weighted by Crippen LogP contribution is 2.26. The molecule has 0 spiro atoms. The van der Waals surface area contributed by atoms with Crippen molar-refractivity contribution >= 4 is 11.8 Å². The molecule has 0 saturated carbocycles. The van der Waals surface area contributed by atoms with Gasteiger partial charge in [-0.2, -0.15) is 0 Å². The minimum Gasteiger partial charge on any atom is -0.497 e. The Morgan fingerprint density at radius 1 is 1.00 bits per heavy atom. The van der Waals surface area contributed by atoms with Gasteiger partial charge >= 0.3 is 0 Å². The molecule has 1 fully saturated rings. The average Bonchev–Trinajstić information content (AvgIpc) is 2.59. The molecule has 1 aliphatic heterocycles. The second kappa shape index (κ2) is 7.76. The van der Waals surface area contributed by atoms with Crippen molar-refractivity contribution in [2.75, 3.05) is 40.4 Å². The molecule has 0 aromatic heterocycles. The lowest BCUT2D eigenvalue weighted by Gasteiger charge is -2.36. The summed E-state index contributed by atoms with van der Waals surface area (Å²) in [6, 6.07) is 5.19. The number of amides is 2. The Morgan fingerprint density at radius 2 is 1.60 bits per heavy atom. The van der Waals surface area contributed by atoms with Gasteiger partial charge in [-0.15, -0.1) is 0 Å². The summed E-state index contributed by atoms with van der Waals surface area (Å²) in [7, 11) is 3.11. The Hall–Kier alpha value is -2.24. The number of methoxy groups -OCH3 is 2. The number of hydrogen-bond acceptors (Lipinski definition) is 4. The topological polar surface area (TPSA) is 59.1 Å². The molecule has 1 aromatic carbocycles. The second-order valence-electron chi connectivity index (χ2n) is 7.48. The molecule has 1 heterocycles. The molecule has 1 aromatic rings. The number of benzene rings is 1. The fourth-order valence-corrected chi connectivity index (χ4v) is 2.88. The van der Waals surface area contributed by atoms with E-state index in [1.165, 1.54) is 0 Å². The Labute approximate surface area is 149 Å². The Bertz CT molecular complexity index is 629. The second-order valence-corrected chi connectivity index (χ2v) is 7.48. The summed E-state index contributed by atoms with van der Waals surface area (Å²) in [6.45, 7) is 8.34. The smallest absolute Gasteiger partial charge is 0.257 e. The minimum atomic E-state index is -0.0985. The standard InChI is InChI=1S/C19H28N2O4/c1-19(2,3)13-17(22)20-8-10-21(11-9-20)18(23)15-12-14(24-4)6-7-16(15)25-5/h6-7,12H,8-11,13H2,1-5H3. The summed E-state index contributed by atoms with van der Waals surface area (Å²) >= 11 is 0. The van der Waals surface area contributed by atoms with Crippen LogP contribution in [-0.2, 0) is 4.79 Å². The van der Waals surface area contributed by atoms with Crippen molar-refractivity contribution in [3.8, 4) is 11.5 Å². The largest absolute Gasteiger partial charge is 0.497 e. The highest BCUT2D eigenvalue weighted by atomic mass is 16.5. The highest BCUT2D eigenvalue weighted by Gasteiger charge is 2.28. The van der Waals surface area contributed by atoms with Crippen molar-refractivity contribution in [1.82, 2.24) is 9.80 Å². The number of hydrogen-bond donors (Lipinski definition) is 0. The normalized spacial score (nSPS) is 15.1. The van der Waals surface area contributed by atoms with E-state index < -0.39 is 0 Å². The quantitative estimate of drug-likeness (QED) is 0.838. The third-order valence-corrected chi connectivity index (χ3v) is 4.24. The maximum absolute atomic E-state index is 12.8. The van der Waals surface area contributed by atoms with Gasteiger partial charge in [0.15, 0.2) is 0 Å². The lowest BCUT2D eigenvalue weighted by Crippen LogP contribution is -2.51. The molecule has 6 nitrogen and oxygen atoms in total. The van der Waals surface area contributed by atoms with Gasteiger partial charge in [-0.25, -0.2) is 0 Å². The van der Waals surface area contributed by atoms with Crippen molar-refractivity contribution in [3.05, 3.63) is 23.8 Å². The molecule has 0 atom stereocenters. The number of carbonyl (C=O) groups excluding carboxylic acids is 2. The molecule has 0 N–H and O–H groups in total. The Morgan fingerprint density at radius 3 is 2.12 bits per heavy atom. The number of ether oxygens (including phenoxy) is 2. The van der Waals surface area contributed by atoms with Crippen LogP contribution in [0.25, 0.3) is 0 Å². The number of piperazine rings is 1. The molecular weight excluding hydrogens is 320 g/mol. The summed E-state index contributed by atoms with van der Waals surface area (Å²) in [6.07, 6.45) is 0.519. The van der Waals surface area contributed by atoms with Crippen LogP contribution in [0.2, 0.25) is 0 Å². The van der Waals surface area contributed by atoms with Gasteiger partial charge < -0.3 is 19.3 Å². The van der Waals surface area contributed by atoms with Crippen LogP contribution in [0.1, 0.15) is 37.6 Å². The van der Waals surface area contributed by atoms with Crippen molar-refractivity contribution < 1.29 is 19.1 Å². The monoisotopic (exact) mass is 348 g/mol. The summed E-state index contributed by atoms with van der Waals surface area (Å²) in [5, 5.41) is 0. The molecule has 0 aliphatic carbocycles. The summed E-state index contributed by atoms with van der Waals surface area (Å²) in [5.74, 6) is 1.19. The van der Waals surface area contributed by atoms with Crippen LogP contribution in [0, 0.1) is 5.41 Å². The third kappa shape index (κ3) is 4.87. The first kappa shape index (κ1) is 19.1. The van der Waals surface area contributed by atoms with Gasteiger partial charge in [0.1, 0.15) is 11.5 Å². The van der Waals surface area contributed by atoms with Gasteiger partial charge in [0, 0.05) is 32.6 Å². The fraction of sp³-hybridized carbons (Fsp3) is 0.579. The average molecular weight is 348 g/mol. The molecule has 1 saturated heterocycles. The van der Waals surface area contributed by atoms with Gasteiger partial charge in [-0.1, -0.05) is 20.8 Å². The van der Waals surface area contributed by atoms with E-state index in [4.69, 9.17) is 9.47 Å². The molecule has 0 bridgehead atoms. The zero-order valence-electron chi connectivity index (χ0n) is 15.8. The molecule has 2 rings (SSSR count). The fourth-order valence-electron chi connectivity index (χ4n) is 2.88. The maximum Gasteiger partial charge on any atom is 0.257 e. The Kier molecular flexibility index (Phi) is 5.93. The van der Waals surface area contributed by atoms with Crippen LogP contribution in [0.5, 0.6) is 11.5 Å². The van der Waals surface area contributed by atoms with Crippen LogP contribution < -0.4 is 9.47 Å². The lowest BCUT2D eigenvalue weighted by molar-refractivity contribution is -0.134. The van der Waals surface area contributed by atoms with E-state index in [-0.39, 0.29) is 17.2 Å². The molecule has 0 radical (unpaired) electrons. The Balaban J connectivity index is 2.03. The molecule has 1 aliphatic rings. The summed E-state index contributed by atoms with van der Waals surface area (Å²) in [5.41, 5.74) is 0.453. The van der Waals surface area contributed by atoms with Crippen molar-refractivity contribution in [2.24, 2.45) is 5.41 Å².